The lowest BCUT2D eigenvalue weighted by Gasteiger charge is -2.04. The number of pyridine rings is 1. The number of fused-ring (bicyclic) bond motifs is 1. The maximum absolute atomic E-state index is 11.8. The lowest BCUT2D eigenvalue weighted by Crippen LogP contribution is -2.19. The van der Waals surface area contributed by atoms with Gasteiger partial charge in [0.2, 0.25) is 0 Å². The van der Waals surface area contributed by atoms with Crippen molar-refractivity contribution in [1.29, 1.82) is 0 Å². The molecule has 3 rings (SSSR count). The van der Waals surface area contributed by atoms with Gasteiger partial charge in [0.1, 0.15) is 0 Å². The van der Waals surface area contributed by atoms with Gasteiger partial charge in [-0.25, -0.2) is 17.9 Å². The molecule has 3 heterocycles. The van der Waals surface area contributed by atoms with Gasteiger partial charge in [0, 0.05) is 24.4 Å². The molecule has 0 bridgehead atoms. The molecule has 18 heavy (non-hydrogen) atoms. The highest BCUT2D eigenvalue weighted by molar-refractivity contribution is 7.92. The van der Waals surface area contributed by atoms with Crippen LogP contribution in [0.2, 0.25) is 0 Å². The van der Waals surface area contributed by atoms with Gasteiger partial charge in [-0.15, -0.1) is 0 Å². The van der Waals surface area contributed by atoms with Crippen LogP contribution in [0.5, 0.6) is 0 Å². The van der Waals surface area contributed by atoms with E-state index in [1.165, 1.54) is 0 Å². The molecule has 6 nitrogen and oxygen atoms in total. The molecule has 1 aliphatic rings. The molecule has 0 radical (unpaired) electrons. The van der Waals surface area contributed by atoms with E-state index in [4.69, 9.17) is 5.73 Å². The minimum Gasteiger partial charge on any atom is -0.399 e. The van der Waals surface area contributed by atoms with Gasteiger partial charge in [-0.2, -0.15) is 5.10 Å². The van der Waals surface area contributed by atoms with Crippen LogP contribution in [0.1, 0.15) is 18.7 Å². The third kappa shape index (κ3) is 1.94. The Labute approximate surface area is 105 Å². The standard InChI is InChI=1S/C11H14N4O2S/c12-8-3-4-15-11(6-8)13-10(14-15)7-9-2-1-5-18(9,16)17/h3-4,6,9H,1-2,5,7,12H2. The number of nitrogens with zero attached hydrogens (tertiary/aromatic N) is 3. The Balaban J connectivity index is 1.91. The molecule has 0 amide bonds. The summed E-state index contributed by atoms with van der Waals surface area (Å²) >= 11 is 0. The number of nitrogens with two attached hydrogens (primary N) is 1. The van der Waals surface area contributed by atoms with Crippen LogP contribution in [0.3, 0.4) is 0 Å². The first-order chi connectivity index (χ1) is 8.54. The van der Waals surface area contributed by atoms with Gasteiger partial charge in [-0.05, 0) is 18.9 Å². The van der Waals surface area contributed by atoms with Crippen LogP contribution in [0.25, 0.3) is 5.65 Å². The van der Waals surface area contributed by atoms with Crippen molar-refractivity contribution in [2.24, 2.45) is 0 Å². The zero-order valence-electron chi connectivity index (χ0n) is 9.78. The molecule has 0 saturated carbocycles. The average molecular weight is 266 g/mol. The average Bonchev–Trinajstić information content (AvgIpc) is 2.82. The fraction of sp³-hybridized carbons (Fsp3) is 0.455. The van der Waals surface area contributed by atoms with E-state index in [0.717, 1.165) is 6.42 Å². The largest absolute Gasteiger partial charge is 0.399 e. The summed E-state index contributed by atoms with van der Waals surface area (Å²) in [5, 5.41) is 3.94. The second-order valence-corrected chi connectivity index (χ2v) is 7.03. The van der Waals surface area contributed by atoms with Crippen LogP contribution >= 0.6 is 0 Å². The van der Waals surface area contributed by atoms with Crippen LogP contribution in [0.4, 0.5) is 5.69 Å². The van der Waals surface area contributed by atoms with Crippen molar-refractivity contribution in [3.63, 3.8) is 0 Å². The zero-order valence-corrected chi connectivity index (χ0v) is 10.6. The van der Waals surface area contributed by atoms with Gasteiger partial charge < -0.3 is 5.73 Å². The van der Waals surface area contributed by atoms with Crippen LogP contribution < -0.4 is 5.73 Å². The molecule has 1 atom stereocenters. The molecule has 0 aromatic carbocycles. The number of anilines is 1. The molecule has 1 unspecified atom stereocenters. The molecular formula is C11H14N4O2S. The van der Waals surface area contributed by atoms with Crippen molar-refractivity contribution in [3.05, 3.63) is 24.2 Å². The third-order valence-corrected chi connectivity index (χ3v) is 5.55. The smallest absolute Gasteiger partial charge is 0.157 e. The molecule has 0 aliphatic carbocycles. The zero-order chi connectivity index (χ0) is 12.8. The summed E-state index contributed by atoms with van der Waals surface area (Å²) in [6, 6.07) is 3.46. The number of hydrogen-bond acceptors (Lipinski definition) is 5. The summed E-state index contributed by atoms with van der Waals surface area (Å²) in [6.07, 6.45) is 3.57. The van der Waals surface area contributed by atoms with E-state index >= 15 is 0 Å². The van der Waals surface area contributed by atoms with Gasteiger partial charge in [-0.1, -0.05) is 0 Å². The topological polar surface area (TPSA) is 90.4 Å². The maximum Gasteiger partial charge on any atom is 0.157 e. The fourth-order valence-electron chi connectivity index (χ4n) is 2.32. The second kappa shape index (κ2) is 3.94. The Bertz CT molecular complexity index is 692. The Kier molecular flexibility index (Phi) is 2.51. The first-order valence-corrected chi connectivity index (χ1v) is 7.58. The van der Waals surface area contributed by atoms with Crippen LogP contribution in [-0.2, 0) is 16.3 Å². The minimum atomic E-state index is -2.94. The molecular weight excluding hydrogens is 252 g/mol. The summed E-state index contributed by atoms with van der Waals surface area (Å²) < 4.78 is 25.1. The molecule has 7 heteroatoms. The van der Waals surface area contributed by atoms with Crippen LogP contribution in [-0.4, -0.2) is 34.0 Å². The molecule has 2 aromatic rings. The van der Waals surface area contributed by atoms with Gasteiger partial charge in [0.25, 0.3) is 0 Å². The lowest BCUT2D eigenvalue weighted by molar-refractivity contribution is 0.586. The van der Waals surface area contributed by atoms with Crippen molar-refractivity contribution >= 4 is 21.2 Å². The Morgan fingerprint density at radius 2 is 2.33 bits per heavy atom. The summed E-state index contributed by atoms with van der Waals surface area (Å²) in [5.41, 5.74) is 6.94. The van der Waals surface area contributed by atoms with Crippen LogP contribution in [0, 0.1) is 0 Å². The second-order valence-electron chi connectivity index (χ2n) is 4.63. The van der Waals surface area contributed by atoms with Crippen molar-refractivity contribution in [3.8, 4) is 0 Å². The van der Waals surface area contributed by atoms with Crippen LogP contribution in [0.15, 0.2) is 18.3 Å². The SMILES string of the molecule is Nc1ccn2nc(CC3CCCS3(=O)=O)nc2c1. The monoisotopic (exact) mass is 266 g/mol. The Morgan fingerprint density at radius 3 is 3.06 bits per heavy atom. The normalized spacial score (nSPS) is 22.6. The molecule has 2 N–H and O–H groups in total. The molecule has 1 aliphatic heterocycles. The summed E-state index contributed by atoms with van der Waals surface area (Å²) in [6.45, 7) is 0. The van der Waals surface area contributed by atoms with Crippen molar-refractivity contribution < 1.29 is 8.42 Å². The summed E-state index contributed by atoms with van der Waals surface area (Å²) in [7, 11) is -2.94. The predicted molar refractivity (Wildman–Crippen MR) is 67.9 cm³/mol. The van der Waals surface area contributed by atoms with E-state index in [-0.39, 0.29) is 11.0 Å². The van der Waals surface area contributed by atoms with Gasteiger partial charge in [0.05, 0.1) is 11.0 Å². The summed E-state index contributed by atoms with van der Waals surface area (Å²) in [4.78, 5) is 4.31. The highest BCUT2D eigenvalue weighted by Crippen LogP contribution is 2.22. The summed E-state index contributed by atoms with van der Waals surface area (Å²) in [5.74, 6) is 0.855. The number of hydrogen-bond donors (Lipinski definition) is 1. The lowest BCUT2D eigenvalue weighted by atomic mass is 10.2. The van der Waals surface area contributed by atoms with E-state index in [2.05, 4.69) is 10.1 Å². The maximum atomic E-state index is 11.8. The minimum absolute atomic E-state index is 0.290. The van der Waals surface area contributed by atoms with Crippen molar-refractivity contribution in [2.45, 2.75) is 24.5 Å². The van der Waals surface area contributed by atoms with Crippen molar-refractivity contribution in [2.75, 3.05) is 11.5 Å². The number of nitrogen functional groups attached to an aromatic ring is 1. The number of rotatable bonds is 2. The van der Waals surface area contributed by atoms with E-state index < -0.39 is 9.84 Å². The van der Waals surface area contributed by atoms with Gasteiger partial charge in [-0.3, -0.25) is 0 Å². The molecule has 96 valence electrons. The predicted octanol–water partition coefficient (Wildman–Crippen LogP) is 0.431. The Hall–Kier alpha value is -1.63. The van der Waals surface area contributed by atoms with E-state index in [1.54, 1.807) is 22.8 Å². The first-order valence-electron chi connectivity index (χ1n) is 5.87. The highest BCUT2D eigenvalue weighted by atomic mass is 32.2. The fourth-order valence-corrected chi connectivity index (χ4v) is 4.15. The van der Waals surface area contributed by atoms with Crippen molar-refractivity contribution in [1.82, 2.24) is 14.6 Å². The number of aromatic nitrogens is 3. The molecule has 1 fully saturated rings. The highest BCUT2D eigenvalue weighted by Gasteiger charge is 2.32. The third-order valence-electron chi connectivity index (χ3n) is 3.28. The quantitative estimate of drug-likeness (QED) is 0.851. The van der Waals surface area contributed by atoms with Gasteiger partial charge in [0.15, 0.2) is 21.3 Å². The molecule has 2 aromatic heterocycles. The first kappa shape index (κ1) is 11.5. The van der Waals surface area contributed by atoms with E-state index in [1.807, 2.05) is 0 Å². The molecule has 0 spiro atoms. The molecule has 1 saturated heterocycles. The Morgan fingerprint density at radius 1 is 1.50 bits per heavy atom. The van der Waals surface area contributed by atoms with Gasteiger partial charge >= 0.3 is 0 Å². The number of sulfone groups is 1. The van der Waals surface area contributed by atoms with E-state index in [0.29, 0.717) is 30.0 Å². The van der Waals surface area contributed by atoms with E-state index in [9.17, 15) is 8.42 Å².